The second-order valence-electron chi connectivity index (χ2n) is 5.51. The molecule has 2 rings (SSSR count). The molecule has 1 aliphatic rings. The SMILES string of the molecule is CCC(C)(C(C)c1ccccc1)C1(C(=O)OC)CO1. The van der Waals surface area contributed by atoms with Crippen molar-refractivity contribution in [2.75, 3.05) is 13.7 Å². The standard InChI is InChI=1S/C16H22O3/c1-5-15(3,16(11-19-16)14(17)18-4)12(2)13-9-7-6-8-10-13/h6-10,12H,5,11H2,1-4H3. The third-order valence-electron chi connectivity index (χ3n) is 4.86. The van der Waals surface area contributed by atoms with Crippen LogP contribution in [0.15, 0.2) is 30.3 Å². The highest BCUT2D eigenvalue weighted by Crippen LogP contribution is 2.55. The zero-order valence-electron chi connectivity index (χ0n) is 12.1. The van der Waals surface area contributed by atoms with E-state index >= 15 is 0 Å². The predicted molar refractivity (Wildman–Crippen MR) is 74.0 cm³/mol. The van der Waals surface area contributed by atoms with Gasteiger partial charge in [0.1, 0.15) is 0 Å². The second kappa shape index (κ2) is 4.97. The summed E-state index contributed by atoms with van der Waals surface area (Å²) in [5, 5.41) is 0. The molecule has 0 bridgehead atoms. The van der Waals surface area contributed by atoms with Crippen LogP contribution in [0.3, 0.4) is 0 Å². The smallest absolute Gasteiger partial charge is 0.341 e. The number of methoxy groups -OCH3 is 1. The van der Waals surface area contributed by atoms with Crippen molar-refractivity contribution in [3.05, 3.63) is 35.9 Å². The molecule has 3 unspecified atom stereocenters. The molecule has 0 N–H and O–H groups in total. The molecule has 0 saturated carbocycles. The summed E-state index contributed by atoms with van der Waals surface area (Å²) in [7, 11) is 1.43. The van der Waals surface area contributed by atoms with Gasteiger partial charge >= 0.3 is 5.97 Å². The monoisotopic (exact) mass is 262 g/mol. The van der Waals surface area contributed by atoms with E-state index in [2.05, 4.69) is 32.9 Å². The van der Waals surface area contributed by atoms with E-state index in [0.29, 0.717) is 6.61 Å². The molecule has 3 heteroatoms. The summed E-state index contributed by atoms with van der Waals surface area (Å²) in [5.41, 5.74) is 0.193. The fourth-order valence-corrected chi connectivity index (χ4v) is 2.97. The second-order valence-corrected chi connectivity index (χ2v) is 5.51. The maximum Gasteiger partial charge on any atom is 0.341 e. The van der Waals surface area contributed by atoms with Gasteiger partial charge in [0, 0.05) is 5.41 Å². The van der Waals surface area contributed by atoms with Gasteiger partial charge in [-0.2, -0.15) is 0 Å². The number of hydrogen-bond acceptors (Lipinski definition) is 3. The number of benzene rings is 1. The summed E-state index contributed by atoms with van der Waals surface area (Å²) in [6, 6.07) is 10.3. The van der Waals surface area contributed by atoms with Crippen molar-refractivity contribution in [1.82, 2.24) is 0 Å². The van der Waals surface area contributed by atoms with Crippen LogP contribution < -0.4 is 0 Å². The normalized spacial score (nSPS) is 26.3. The zero-order valence-corrected chi connectivity index (χ0v) is 12.1. The Labute approximate surface area is 114 Å². The lowest BCUT2D eigenvalue weighted by Gasteiger charge is -2.39. The summed E-state index contributed by atoms with van der Waals surface area (Å²) >= 11 is 0. The number of epoxide rings is 1. The molecule has 104 valence electrons. The molecule has 3 nitrogen and oxygen atoms in total. The molecule has 1 aliphatic heterocycles. The average Bonchev–Trinajstić information content (AvgIpc) is 3.27. The molecule has 0 amide bonds. The third-order valence-corrected chi connectivity index (χ3v) is 4.86. The van der Waals surface area contributed by atoms with E-state index in [0.717, 1.165) is 6.42 Å². The molecule has 19 heavy (non-hydrogen) atoms. The number of carbonyl (C=O) groups excluding carboxylic acids is 1. The molecular formula is C16H22O3. The molecule has 0 radical (unpaired) electrons. The summed E-state index contributed by atoms with van der Waals surface area (Å²) in [6.45, 7) is 6.84. The van der Waals surface area contributed by atoms with E-state index in [1.165, 1.54) is 12.7 Å². The van der Waals surface area contributed by atoms with Crippen molar-refractivity contribution in [2.24, 2.45) is 5.41 Å². The lowest BCUT2D eigenvalue weighted by Crippen LogP contribution is -2.46. The number of carbonyl (C=O) groups is 1. The Balaban J connectivity index is 2.36. The first kappa shape index (κ1) is 14.1. The van der Waals surface area contributed by atoms with Crippen molar-refractivity contribution < 1.29 is 14.3 Å². The molecule has 3 atom stereocenters. The Kier molecular flexibility index (Phi) is 3.68. The predicted octanol–water partition coefficient (Wildman–Crippen LogP) is 3.15. The first-order valence-electron chi connectivity index (χ1n) is 6.79. The summed E-state index contributed by atoms with van der Waals surface area (Å²) in [4.78, 5) is 12.1. The summed E-state index contributed by atoms with van der Waals surface area (Å²) in [6.07, 6.45) is 0.859. The minimum atomic E-state index is -0.772. The Morgan fingerprint density at radius 1 is 1.47 bits per heavy atom. The molecule has 1 heterocycles. The number of hydrogen-bond donors (Lipinski definition) is 0. The zero-order chi connectivity index (χ0) is 14.1. The molecule has 1 saturated heterocycles. The molecule has 0 aromatic heterocycles. The van der Waals surface area contributed by atoms with E-state index in [1.54, 1.807) is 0 Å². The first-order chi connectivity index (χ1) is 9.02. The van der Waals surface area contributed by atoms with Crippen molar-refractivity contribution in [3.63, 3.8) is 0 Å². The average molecular weight is 262 g/mol. The van der Waals surface area contributed by atoms with Crippen LogP contribution in [0.2, 0.25) is 0 Å². The van der Waals surface area contributed by atoms with E-state index < -0.39 is 5.60 Å². The third kappa shape index (κ3) is 2.06. The van der Waals surface area contributed by atoms with Gasteiger partial charge in [-0.3, -0.25) is 0 Å². The number of esters is 1. The summed E-state index contributed by atoms with van der Waals surface area (Å²) < 4.78 is 10.5. The van der Waals surface area contributed by atoms with Gasteiger partial charge in [-0.15, -0.1) is 0 Å². The van der Waals surface area contributed by atoms with Gasteiger partial charge in [0.15, 0.2) is 5.60 Å². The van der Waals surface area contributed by atoms with Crippen molar-refractivity contribution in [2.45, 2.75) is 38.7 Å². The highest BCUT2D eigenvalue weighted by Gasteiger charge is 2.66. The van der Waals surface area contributed by atoms with Crippen molar-refractivity contribution in [1.29, 1.82) is 0 Å². The van der Waals surface area contributed by atoms with E-state index in [-0.39, 0.29) is 17.3 Å². The maximum absolute atomic E-state index is 12.1. The van der Waals surface area contributed by atoms with Gasteiger partial charge in [-0.05, 0) is 17.9 Å². The van der Waals surface area contributed by atoms with E-state index in [9.17, 15) is 4.79 Å². The van der Waals surface area contributed by atoms with Crippen molar-refractivity contribution in [3.8, 4) is 0 Å². The van der Waals surface area contributed by atoms with Gasteiger partial charge in [-0.25, -0.2) is 4.79 Å². The minimum Gasteiger partial charge on any atom is -0.467 e. The number of rotatable bonds is 5. The molecule has 0 spiro atoms. The Hall–Kier alpha value is -1.35. The first-order valence-corrected chi connectivity index (χ1v) is 6.79. The molecule has 1 fully saturated rings. The molecular weight excluding hydrogens is 240 g/mol. The molecule has 0 aliphatic carbocycles. The lowest BCUT2D eigenvalue weighted by molar-refractivity contribution is -0.153. The Morgan fingerprint density at radius 2 is 2.05 bits per heavy atom. The maximum atomic E-state index is 12.1. The van der Waals surface area contributed by atoms with Gasteiger partial charge in [0.25, 0.3) is 0 Å². The van der Waals surface area contributed by atoms with Crippen molar-refractivity contribution >= 4 is 5.97 Å². The fraction of sp³-hybridized carbons (Fsp3) is 0.562. The van der Waals surface area contributed by atoms with Crippen LogP contribution in [0, 0.1) is 5.41 Å². The van der Waals surface area contributed by atoms with Crippen LogP contribution in [0.25, 0.3) is 0 Å². The number of ether oxygens (including phenoxy) is 2. The largest absolute Gasteiger partial charge is 0.467 e. The highest BCUT2D eigenvalue weighted by atomic mass is 16.6. The van der Waals surface area contributed by atoms with Crippen LogP contribution in [-0.2, 0) is 14.3 Å². The topological polar surface area (TPSA) is 38.8 Å². The Morgan fingerprint density at radius 3 is 2.47 bits per heavy atom. The van der Waals surface area contributed by atoms with Gasteiger partial charge < -0.3 is 9.47 Å². The van der Waals surface area contributed by atoms with Crippen LogP contribution in [0.5, 0.6) is 0 Å². The van der Waals surface area contributed by atoms with Gasteiger partial charge in [0.2, 0.25) is 0 Å². The fourth-order valence-electron chi connectivity index (χ4n) is 2.97. The van der Waals surface area contributed by atoms with Gasteiger partial charge in [-0.1, -0.05) is 51.1 Å². The van der Waals surface area contributed by atoms with Crippen LogP contribution in [0.4, 0.5) is 0 Å². The minimum absolute atomic E-state index is 0.222. The van der Waals surface area contributed by atoms with E-state index in [4.69, 9.17) is 9.47 Å². The van der Waals surface area contributed by atoms with Gasteiger partial charge in [0.05, 0.1) is 13.7 Å². The van der Waals surface area contributed by atoms with Crippen LogP contribution >= 0.6 is 0 Å². The van der Waals surface area contributed by atoms with E-state index in [1.807, 2.05) is 18.2 Å². The quantitative estimate of drug-likeness (QED) is 0.604. The molecule has 1 aromatic carbocycles. The highest BCUT2D eigenvalue weighted by molar-refractivity contribution is 5.83. The van der Waals surface area contributed by atoms with Crippen LogP contribution in [-0.4, -0.2) is 25.3 Å². The Bertz CT molecular complexity index is 450. The summed E-state index contributed by atoms with van der Waals surface area (Å²) in [5.74, 6) is -0.0278. The molecule has 1 aromatic rings. The van der Waals surface area contributed by atoms with Crippen LogP contribution in [0.1, 0.15) is 38.7 Å². The lowest BCUT2D eigenvalue weighted by atomic mass is 9.64.